The predicted molar refractivity (Wildman–Crippen MR) is 155 cm³/mol. The van der Waals surface area contributed by atoms with E-state index in [4.69, 9.17) is 22.0 Å². The molecule has 0 aliphatic carbocycles. The molecule has 4 rings (SSSR count). The van der Waals surface area contributed by atoms with Crippen LogP contribution in [0.4, 0.5) is 16.8 Å². The van der Waals surface area contributed by atoms with Crippen molar-refractivity contribution in [2.24, 2.45) is 5.16 Å². The van der Waals surface area contributed by atoms with E-state index in [0.717, 1.165) is 16.2 Å². The van der Waals surface area contributed by atoms with Crippen LogP contribution in [0.15, 0.2) is 33.0 Å². The molecule has 0 bridgehead atoms. The number of β-lactam (4-membered cyclic amide) rings is 1. The highest BCUT2D eigenvalue weighted by molar-refractivity contribution is 8.01. The third-order valence-electron chi connectivity index (χ3n) is 5.97. The number of carboxylic acids is 2. The van der Waals surface area contributed by atoms with Crippen molar-refractivity contribution in [3.05, 3.63) is 28.4 Å². The molecule has 0 aromatic carbocycles. The number of amides is 2. The zero-order valence-corrected chi connectivity index (χ0v) is 24.8. The van der Waals surface area contributed by atoms with Crippen LogP contribution in [0.5, 0.6) is 0 Å². The molecule has 1 fully saturated rings. The molecule has 2 aliphatic rings. The number of thiazole rings is 1. The molecule has 0 saturated carbocycles. The second kappa shape index (κ2) is 11.9. The zero-order chi connectivity index (χ0) is 30.9. The van der Waals surface area contributed by atoms with E-state index < -0.39 is 46.5 Å². The van der Waals surface area contributed by atoms with Gasteiger partial charge >= 0.3 is 17.1 Å². The maximum absolute atomic E-state index is 13.2. The number of nitrogens with two attached hydrogens (primary N) is 3. The summed E-state index contributed by atoms with van der Waals surface area (Å²) in [5, 5.41) is 26.8. The van der Waals surface area contributed by atoms with Crippen molar-refractivity contribution in [1.29, 1.82) is 0 Å². The van der Waals surface area contributed by atoms with E-state index in [1.807, 2.05) is 0 Å². The summed E-state index contributed by atoms with van der Waals surface area (Å²) >= 11 is 3.46. The minimum atomic E-state index is -1.77. The molecule has 2 aromatic heterocycles. The van der Waals surface area contributed by atoms with Crippen molar-refractivity contribution in [2.75, 3.05) is 41.2 Å². The summed E-state index contributed by atoms with van der Waals surface area (Å²) in [4.78, 5) is 64.6. The number of rotatable bonds is 11. The molecule has 0 radical (unpaired) electrons. The van der Waals surface area contributed by atoms with Crippen molar-refractivity contribution in [3.8, 4) is 0 Å². The Kier molecular flexibility index (Phi) is 8.68. The Hall–Kier alpha value is -4.30. The molecular formula is C22H27N10O7S3+. The van der Waals surface area contributed by atoms with E-state index in [1.54, 1.807) is 7.05 Å². The summed E-state index contributed by atoms with van der Waals surface area (Å²) < 4.78 is 1.48. The van der Waals surface area contributed by atoms with Crippen LogP contribution in [0, 0.1) is 0 Å². The van der Waals surface area contributed by atoms with Crippen LogP contribution >= 0.6 is 34.9 Å². The fourth-order valence-corrected chi connectivity index (χ4v) is 6.86. The Morgan fingerprint density at radius 1 is 1.29 bits per heavy atom. The van der Waals surface area contributed by atoms with Crippen molar-refractivity contribution in [3.63, 3.8) is 0 Å². The average molecular weight is 640 g/mol. The van der Waals surface area contributed by atoms with E-state index in [2.05, 4.69) is 25.9 Å². The number of oxime groups is 1. The summed E-state index contributed by atoms with van der Waals surface area (Å²) in [6.07, 6.45) is 0. The SMILES string of the molecule is CN[n+]1c(N)cc(N)nc1SCC1=C(C(=O)O)N2C(=O)C(NC(=O)/C(=N\OC(C)(C)C(=O)O)c3csc(N)n3)C2SC1. The van der Waals surface area contributed by atoms with Crippen LogP contribution in [0.2, 0.25) is 0 Å². The second-order valence-corrected chi connectivity index (χ2v) is 12.2. The van der Waals surface area contributed by atoms with Gasteiger partial charge < -0.3 is 37.6 Å². The molecule has 17 nitrogen and oxygen atoms in total. The van der Waals surface area contributed by atoms with E-state index in [9.17, 15) is 29.4 Å². The van der Waals surface area contributed by atoms with Crippen molar-refractivity contribution in [1.82, 2.24) is 20.2 Å². The molecule has 10 N–H and O–H groups in total. The van der Waals surface area contributed by atoms with Gasteiger partial charge in [0, 0.05) is 23.9 Å². The number of carbonyl (C=O) groups excluding carboxylic acids is 2. The van der Waals surface area contributed by atoms with Gasteiger partial charge in [0.05, 0.1) is 6.07 Å². The molecule has 2 unspecified atom stereocenters. The number of anilines is 3. The molecule has 2 atom stereocenters. The monoisotopic (exact) mass is 639 g/mol. The second-order valence-electron chi connectivity index (χ2n) is 9.27. The number of aromatic nitrogens is 3. The smallest absolute Gasteiger partial charge is 0.352 e. The molecular weight excluding hydrogens is 613 g/mol. The summed E-state index contributed by atoms with van der Waals surface area (Å²) in [5.41, 5.74) is 18.4. The van der Waals surface area contributed by atoms with Gasteiger partial charge in [0.2, 0.25) is 17.2 Å². The lowest BCUT2D eigenvalue weighted by Crippen LogP contribution is -2.71. The fourth-order valence-electron chi connectivity index (χ4n) is 3.80. The van der Waals surface area contributed by atoms with Gasteiger partial charge in [0.15, 0.2) is 10.8 Å². The number of thioether (sulfide) groups is 2. The Bertz CT molecular complexity index is 1530. The first kappa shape index (κ1) is 30.7. The van der Waals surface area contributed by atoms with Crippen molar-refractivity contribution >= 4 is 81.1 Å². The maximum Gasteiger partial charge on any atom is 0.352 e. The number of hydrogen-bond donors (Lipinski definition) is 7. The van der Waals surface area contributed by atoms with Gasteiger partial charge in [-0.15, -0.1) is 27.8 Å². The Labute approximate surface area is 250 Å². The number of nitrogen functional groups attached to an aromatic ring is 3. The van der Waals surface area contributed by atoms with Crippen molar-refractivity contribution < 1.29 is 38.9 Å². The van der Waals surface area contributed by atoms with Crippen LogP contribution in [0.3, 0.4) is 0 Å². The summed E-state index contributed by atoms with van der Waals surface area (Å²) in [6.45, 7) is 2.47. The molecule has 4 heterocycles. The molecule has 2 aliphatic heterocycles. The first-order chi connectivity index (χ1) is 19.7. The minimum absolute atomic E-state index is 0.0103. The Morgan fingerprint density at radius 2 is 2.00 bits per heavy atom. The lowest BCUT2D eigenvalue weighted by atomic mass is 10.0. The highest BCUT2D eigenvalue weighted by atomic mass is 32.2. The molecule has 1 saturated heterocycles. The van der Waals surface area contributed by atoms with Crippen molar-refractivity contribution in [2.45, 2.75) is 36.0 Å². The average Bonchev–Trinajstić information content (AvgIpc) is 3.35. The summed E-state index contributed by atoms with van der Waals surface area (Å²) in [6, 6.07) is 0.372. The van der Waals surface area contributed by atoms with E-state index >= 15 is 0 Å². The lowest BCUT2D eigenvalue weighted by Gasteiger charge is -2.49. The summed E-state index contributed by atoms with van der Waals surface area (Å²) in [7, 11) is 1.63. The molecule has 42 heavy (non-hydrogen) atoms. The molecule has 2 amide bonds. The number of nitrogens with one attached hydrogen (secondary N) is 2. The van der Waals surface area contributed by atoms with Crippen LogP contribution in [-0.4, -0.2) is 90.1 Å². The first-order valence-corrected chi connectivity index (χ1v) is 14.9. The zero-order valence-electron chi connectivity index (χ0n) is 22.4. The third-order valence-corrected chi connectivity index (χ3v) is 9.00. The van der Waals surface area contributed by atoms with Gasteiger partial charge in [-0.3, -0.25) is 19.9 Å². The molecule has 224 valence electrons. The Balaban J connectivity index is 1.54. The standard InChI is InChI=1S/C22H26N10O7S3/c1-22(2,19(37)38)39-30-12(9-7-41-20(25)27-9)15(33)29-13-16(34)31-14(18(35)36)8(5-40-17(13)31)6-42-21-28-10(23)4-11(24)32(21)26-3/h4,7,13,17,26H,5-6H2,1-3H3,(H8,23,24,25,27,29,33,35,36,37,38)/p+1/b30-12-. The predicted octanol–water partition coefficient (Wildman–Crippen LogP) is -1.14. The maximum atomic E-state index is 13.2. The highest BCUT2D eigenvalue weighted by Gasteiger charge is 2.54. The number of nitrogens with zero attached hydrogens (tertiary/aromatic N) is 5. The molecule has 20 heteroatoms. The van der Waals surface area contributed by atoms with E-state index in [1.165, 1.54) is 53.5 Å². The quantitative estimate of drug-likeness (QED) is 0.0382. The normalized spacial score (nSPS) is 18.7. The van der Waals surface area contributed by atoms with Gasteiger partial charge in [-0.25, -0.2) is 14.6 Å². The fraction of sp³-hybridized carbons (Fsp3) is 0.364. The number of fused-ring (bicyclic) bond motifs is 1. The van der Waals surface area contributed by atoms with Gasteiger partial charge in [-0.2, -0.15) is 0 Å². The van der Waals surface area contributed by atoms with Gasteiger partial charge in [0.1, 0.15) is 22.8 Å². The Morgan fingerprint density at radius 3 is 2.60 bits per heavy atom. The molecule has 2 aromatic rings. The first-order valence-electron chi connectivity index (χ1n) is 12.0. The van der Waals surface area contributed by atoms with Gasteiger partial charge in [-0.1, -0.05) is 10.1 Å². The molecule has 0 spiro atoms. The number of carboxylic acid groups (broad SMARTS) is 2. The van der Waals surface area contributed by atoms with Crippen LogP contribution in [-0.2, 0) is 24.0 Å². The number of carbonyl (C=O) groups is 4. The van der Waals surface area contributed by atoms with E-state index in [0.29, 0.717) is 16.5 Å². The van der Waals surface area contributed by atoms with Crippen LogP contribution in [0.1, 0.15) is 19.5 Å². The van der Waals surface area contributed by atoms with Crippen LogP contribution in [0.25, 0.3) is 0 Å². The lowest BCUT2D eigenvalue weighted by molar-refractivity contribution is -0.675. The van der Waals surface area contributed by atoms with Crippen LogP contribution < -0.4 is 32.6 Å². The summed E-state index contributed by atoms with van der Waals surface area (Å²) in [5.74, 6) is -3.28. The highest BCUT2D eigenvalue weighted by Crippen LogP contribution is 2.41. The topological polar surface area (TPSA) is 265 Å². The van der Waals surface area contributed by atoms with E-state index in [-0.39, 0.29) is 33.8 Å². The van der Waals surface area contributed by atoms with Gasteiger partial charge in [0.25, 0.3) is 11.8 Å². The largest absolute Gasteiger partial charge is 0.478 e. The number of aliphatic carboxylic acids is 2. The number of hydrogen-bond acceptors (Lipinski definition) is 15. The third kappa shape index (κ3) is 5.99. The van der Waals surface area contributed by atoms with Gasteiger partial charge in [-0.05, 0) is 31.2 Å². The minimum Gasteiger partial charge on any atom is -0.478 e.